The zero-order valence-electron chi connectivity index (χ0n) is 15.6. The van der Waals surface area contributed by atoms with E-state index in [0.717, 1.165) is 35.2 Å². The summed E-state index contributed by atoms with van der Waals surface area (Å²) >= 11 is 7.55. The molecule has 1 aliphatic rings. The molecule has 1 fully saturated rings. The number of halogens is 1. The van der Waals surface area contributed by atoms with Crippen LogP contribution in [0, 0.1) is 6.92 Å². The lowest BCUT2D eigenvalue weighted by molar-refractivity contribution is -0.120. The van der Waals surface area contributed by atoms with Gasteiger partial charge in [0.25, 0.3) is 5.91 Å². The van der Waals surface area contributed by atoms with Crippen LogP contribution in [0.2, 0.25) is 5.02 Å². The molecule has 3 aromatic rings. The van der Waals surface area contributed by atoms with E-state index >= 15 is 0 Å². The summed E-state index contributed by atoms with van der Waals surface area (Å²) in [7, 11) is 0. The smallest absolute Gasteiger partial charge is 0.266 e. The zero-order chi connectivity index (χ0) is 19.5. The molecule has 1 unspecified atom stereocenters. The molecule has 1 aliphatic heterocycles. The molecule has 4 rings (SSSR count). The summed E-state index contributed by atoms with van der Waals surface area (Å²) in [5.41, 5.74) is 1.92. The van der Waals surface area contributed by atoms with Gasteiger partial charge in [0.05, 0.1) is 22.9 Å². The number of carbonyl (C=O) groups is 1. The first-order valence-electron chi connectivity index (χ1n) is 9.26. The molecule has 1 amide bonds. The number of hydrogen-bond donors (Lipinski definition) is 0. The van der Waals surface area contributed by atoms with Gasteiger partial charge in [0, 0.05) is 11.6 Å². The Balaban J connectivity index is 1.55. The highest BCUT2D eigenvalue weighted by molar-refractivity contribution is 7.22. The first kappa shape index (κ1) is 19.2. The van der Waals surface area contributed by atoms with Gasteiger partial charge < -0.3 is 9.47 Å². The Morgan fingerprint density at radius 2 is 2.25 bits per heavy atom. The SMILES string of the molecule is Cc1cccc(OCC(=O)N(CC2CCCO2)c2nc3ccc(Cl)cc3s2)c1. The predicted octanol–water partition coefficient (Wildman–Crippen LogP) is 4.85. The molecule has 7 heteroatoms. The van der Waals surface area contributed by atoms with Gasteiger partial charge in [-0.25, -0.2) is 4.98 Å². The van der Waals surface area contributed by atoms with E-state index in [2.05, 4.69) is 4.98 Å². The van der Waals surface area contributed by atoms with Crippen molar-refractivity contribution in [3.05, 3.63) is 53.1 Å². The lowest BCUT2D eigenvalue weighted by atomic mass is 10.2. The number of nitrogens with zero attached hydrogens (tertiary/aromatic N) is 2. The lowest BCUT2D eigenvalue weighted by Crippen LogP contribution is -2.40. The summed E-state index contributed by atoms with van der Waals surface area (Å²) in [6, 6.07) is 13.2. The predicted molar refractivity (Wildman–Crippen MR) is 113 cm³/mol. The normalized spacial score (nSPS) is 16.4. The van der Waals surface area contributed by atoms with Crippen molar-refractivity contribution in [1.29, 1.82) is 0 Å². The standard InChI is InChI=1S/C21H21ClN2O3S/c1-14-4-2-5-16(10-14)27-13-20(25)24(12-17-6-3-9-26-17)21-23-18-8-7-15(22)11-19(18)28-21/h2,4-5,7-8,10-11,17H,3,6,9,12-13H2,1H3. The molecule has 5 nitrogen and oxygen atoms in total. The van der Waals surface area contributed by atoms with Gasteiger partial charge in [-0.15, -0.1) is 0 Å². The molecule has 0 spiro atoms. The average molecular weight is 417 g/mol. The number of aromatic nitrogens is 1. The first-order valence-corrected chi connectivity index (χ1v) is 10.5. The second-order valence-electron chi connectivity index (χ2n) is 6.85. The quantitative estimate of drug-likeness (QED) is 0.576. The van der Waals surface area contributed by atoms with Crippen molar-refractivity contribution in [3.63, 3.8) is 0 Å². The molecule has 0 saturated carbocycles. The van der Waals surface area contributed by atoms with Crippen LogP contribution in [0.3, 0.4) is 0 Å². The summed E-state index contributed by atoms with van der Waals surface area (Å²) in [6.07, 6.45) is 1.99. The van der Waals surface area contributed by atoms with Crippen LogP contribution in [0.5, 0.6) is 5.75 Å². The number of aryl methyl sites for hydroxylation is 1. The number of amides is 1. The van der Waals surface area contributed by atoms with E-state index in [1.165, 1.54) is 11.3 Å². The summed E-state index contributed by atoms with van der Waals surface area (Å²) in [6.45, 7) is 3.16. The number of hydrogen-bond acceptors (Lipinski definition) is 5. The molecule has 1 atom stereocenters. The van der Waals surface area contributed by atoms with Crippen LogP contribution in [-0.2, 0) is 9.53 Å². The lowest BCUT2D eigenvalue weighted by Gasteiger charge is -2.23. The largest absolute Gasteiger partial charge is 0.484 e. The molecule has 146 valence electrons. The Bertz CT molecular complexity index is 985. The number of carbonyl (C=O) groups excluding carboxylic acids is 1. The molecule has 1 saturated heterocycles. The third-order valence-electron chi connectivity index (χ3n) is 4.63. The maximum atomic E-state index is 13.0. The molecule has 0 aliphatic carbocycles. The molecule has 0 N–H and O–H groups in total. The minimum atomic E-state index is -0.137. The van der Waals surface area contributed by atoms with Crippen molar-refractivity contribution in [3.8, 4) is 5.75 Å². The zero-order valence-corrected chi connectivity index (χ0v) is 17.1. The van der Waals surface area contributed by atoms with Gasteiger partial charge in [0.2, 0.25) is 0 Å². The van der Waals surface area contributed by atoms with Crippen molar-refractivity contribution in [2.45, 2.75) is 25.9 Å². The van der Waals surface area contributed by atoms with E-state index in [4.69, 9.17) is 21.1 Å². The van der Waals surface area contributed by atoms with Gasteiger partial charge in [-0.1, -0.05) is 35.1 Å². The molecule has 2 heterocycles. The second-order valence-corrected chi connectivity index (χ2v) is 8.30. The van der Waals surface area contributed by atoms with Gasteiger partial charge in [-0.05, 0) is 55.7 Å². The van der Waals surface area contributed by atoms with Crippen LogP contribution >= 0.6 is 22.9 Å². The number of rotatable bonds is 6. The number of anilines is 1. The molecule has 0 bridgehead atoms. The molecule has 1 aromatic heterocycles. The maximum absolute atomic E-state index is 13.0. The second kappa shape index (κ2) is 8.47. The Kier molecular flexibility index (Phi) is 5.80. The topological polar surface area (TPSA) is 51.7 Å². The monoisotopic (exact) mass is 416 g/mol. The molecule has 2 aromatic carbocycles. The van der Waals surface area contributed by atoms with E-state index in [1.54, 1.807) is 11.0 Å². The van der Waals surface area contributed by atoms with Gasteiger partial charge in [-0.3, -0.25) is 9.69 Å². The molecule has 28 heavy (non-hydrogen) atoms. The summed E-state index contributed by atoms with van der Waals surface area (Å²) in [5.74, 6) is 0.545. The van der Waals surface area contributed by atoms with Crippen molar-refractivity contribution in [2.75, 3.05) is 24.7 Å². The van der Waals surface area contributed by atoms with Crippen molar-refractivity contribution in [2.24, 2.45) is 0 Å². The Morgan fingerprint density at radius 3 is 3.04 bits per heavy atom. The van der Waals surface area contributed by atoms with Crippen LogP contribution in [0.1, 0.15) is 18.4 Å². The van der Waals surface area contributed by atoms with E-state index in [0.29, 0.717) is 22.4 Å². The first-order chi connectivity index (χ1) is 13.6. The third-order valence-corrected chi connectivity index (χ3v) is 5.91. The van der Waals surface area contributed by atoms with Crippen molar-refractivity contribution < 1.29 is 14.3 Å². The minimum absolute atomic E-state index is 0.0264. The van der Waals surface area contributed by atoms with Gasteiger partial charge in [0.15, 0.2) is 11.7 Å². The van der Waals surface area contributed by atoms with Crippen LogP contribution in [0.15, 0.2) is 42.5 Å². The fourth-order valence-corrected chi connectivity index (χ4v) is 4.48. The fraction of sp³-hybridized carbons (Fsp3) is 0.333. The van der Waals surface area contributed by atoms with Crippen molar-refractivity contribution >= 4 is 44.2 Å². The number of ether oxygens (including phenoxy) is 2. The fourth-order valence-electron chi connectivity index (χ4n) is 3.21. The van der Waals surface area contributed by atoms with E-state index < -0.39 is 0 Å². The Labute approximate surface area is 172 Å². The molecular weight excluding hydrogens is 396 g/mol. The van der Waals surface area contributed by atoms with E-state index in [9.17, 15) is 4.79 Å². The Hall–Kier alpha value is -2.15. The van der Waals surface area contributed by atoms with Crippen molar-refractivity contribution in [1.82, 2.24) is 4.98 Å². The highest BCUT2D eigenvalue weighted by Gasteiger charge is 2.26. The summed E-state index contributed by atoms with van der Waals surface area (Å²) < 4.78 is 12.4. The Morgan fingerprint density at radius 1 is 1.36 bits per heavy atom. The van der Waals surface area contributed by atoms with Gasteiger partial charge in [-0.2, -0.15) is 0 Å². The van der Waals surface area contributed by atoms with Gasteiger partial charge >= 0.3 is 0 Å². The summed E-state index contributed by atoms with van der Waals surface area (Å²) in [4.78, 5) is 19.3. The van der Waals surface area contributed by atoms with E-state index in [-0.39, 0.29) is 18.6 Å². The van der Waals surface area contributed by atoms with Gasteiger partial charge in [0.1, 0.15) is 5.75 Å². The highest BCUT2D eigenvalue weighted by Crippen LogP contribution is 2.31. The number of thiazole rings is 1. The summed E-state index contributed by atoms with van der Waals surface area (Å²) in [5, 5.41) is 1.30. The molecule has 0 radical (unpaired) electrons. The van der Waals surface area contributed by atoms with E-state index in [1.807, 2.05) is 43.3 Å². The number of fused-ring (bicyclic) bond motifs is 1. The van der Waals surface area contributed by atoms with Crippen LogP contribution in [0.4, 0.5) is 5.13 Å². The average Bonchev–Trinajstić information content (AvgIpc) is 3.33. The maximum Gasteiger partial charge on any atom is 0.266 e. The highest BCUT2D eigenvalue weighted by atomic mass is 35.5. The van der Waals surface area contributed by atoms with Crippen LogP contribution in [0.25, 0.3) is 10.2 Å². The van der Waals surface area contributed by atoms with Crippen LogP contribution in [-0.4, -0.2) is 36.8 Å². The third kappa shape index (κ3) is 4.46. The van der Waals surface area contributed by atoms with Crippen LogP contribution < -0.4 is 9.64 Å². The minimum Gasteiger partial charge on any atom is -0.484 e. The molecular formula is C21H21ClN2O3S. The number of benzene rings is 2.